The van der Waals surface area contributed by atoms with Crippen molar-refractivity contribution in [3.05, 3.63) is 52.0 Å². The Morgan fingerprint density at radius 1 is 0.968 bits per heavy atom. The standard InChI is InChI=1S/C16H9BrF6N6O2/c17-9-1-2-12(11(6-9)13-26-27-28-29(13)31)25-14(30)24-10-4-7(15(18,19)20)3-8(5-10)16(21,22)23/h1-6,31H,(H2,24,25,30). The van der Waals surface area contributed by atoms with Gasteiger partial charge in [-0.2, -0.15) is 26.3 Å². The number of carbonyl (C=O) groups is 1. The molecule has 1 heterocycles. The Balaban J connectivity index is 1.91. The fraction of sp³-hybridized carbons (Fsp3) is 0.125. The number of halogens is 7. The minimum atomic E-state index is -5.06. The maximum Gasteiger partial charge on any atom is 0.416 e. The lowest BCUT2D eigenvalue weighted by molar-refractivity contribution is -0.143. The molecule has 15 heteroatoms. The number of rotatable bonds is 3. The molecule has 0 spiro atoms. The van der Waals surface area contributed by atoms with E-state index < -0.39 is 35.2 Å². The van der Waals surface area contributed by atoms with Crippen LogP contribution in [0.25, 0.3) is 11.4 Å². The molecule has 164 valence electrons. The molecule has 1 aromatic heterocycles. The molecular weight excluding hydrogens is 502 g/mol. The van der Waals surface area contributed by atoms with E-state index in [-0.39, 0.29) is 23.1 Å². The molecule has 0 atom stereocenters. The number of tetrazole rings is 1. The smallest absolute Gasteiger partial charge is 0.409 e. The normalized spacial score (nSPS) is 12.0. The first-order valence-corrected chi connectivity index (χ1v) is 8.79. The van der Waals surface area contributed by atoms with Crippen LogP contribution in [0.1, 0.15) is 11.1 Å². The fourth-order valence-corrected chi connectivity index (χ4v) is 2.83. The number of alkyl halides is 6. The number of anilines is 2. The largest absolute Gasteiger partial charge is 0.416 e. The van der Waals surface area contributed by atoms with E-state index in [1.165, 1.54) is 18.2 Å². The number of nitrogens with one attached hydrogen (secondary N) is 2. The van der Waals surface area contributed by atoms with Gasteiger partial charge in [0, 0.05) is 15.7 Å². The summed E-state index contributed by atoms with van der Waals surface area (Å²) in [5.74, 6) is -0.185. The lowest BCUT2D eigenvalue weighted by atomic mass is 10.1. The zero-order chi connectivity index (χ0) is 23.0. The molecule has 0 aliphatic carbocycles. The summed E-state index contributed by atoms with van der Waals surface area (Å²) in [5, 5.41) is 23.9. The monoisotopic (exact) mass is 510 g/mol. The predicted octanol–water partition coefficient (Wildman–Crippen LogP) is 5.02. The second-order valence-corrected chi connectivity index (χ2v) is 6.87. The van der Waals surface area contributed by atoms with E-state index in [2.05, 4.69) is 36.8 Å². The van der Waals surface area contributed by atoms with Crippen molar-refractivity contribution in [1.29, 1.82) is 0 Å². The van der Waals surface area contributed by atoms with Crippen LogP contribution in [-0.2, 0) is 12.4 Å². The van der Waals surface area contributed by atoms with Crippen LogP contribution in [0.15, 0.2) is 40.9 Å². The predicted molar refractivity (Wildman–Crippen MR) is 97.2 cm³/mol. The Kier molecular flexibility index (Phi) is 5.80. The van der Waals surface area contributed by atoms with Crippen molar-refractivity contribution >= 4 is 33.3 Å². The summed E-state index contributed by atoms with van der Waals surface area (Å²) in [6.07, 6.45) is -10.1. The first kappa shape index (κ1) is 22.3. The van der Waals surface area contributed by atoms with Gasteiger partial charge < -0.3 is 15.8 Å². The minimum absolute atomic E-state index is 0.00817. The highest BCUT2D eigenvalue weighted by Gasteiger charge is 2.37. The van der Waals surface area contributed by atoms with Crippen LogP contribution in [0, 0.1) is 0 Å². The van der Waals surface area contributed by atoms with Gasteiger partial charge in [-0.05, 0) is 46.8 Å². The van der Waals surface area contributed by atoms with Gasteiger partial charge in [-0.1, -0.05) is 20.8 Å². The fourth-order valence-electron chi connectivity index (χ4n) is 2.47. The minimum Gasteiger partial charge on any atom is -0.409 e. The number of aromatic nitrogens is 4. The van der Waals surface area contributed by atoms with Gasteiger partial charge in [0.25, 0.3) is 0 Å². The number of hydrogen-bond acceptors (Lipinski definition) is 5. The zero-order valence-electron chi connectivity index (χ0n) is 14.8. The summed E-state index contributed by atoms with van der Waals surface area (Å²) in [4.78, 5) is 12.6. The first-order valence-electron chi connectivity index (χ1n) is 7.99. The number of hydrogen-bond donors (Lipinski definition) is 3. The third kappa shape index (κ3) is 5.22. The molecule has 0 aliphatic rings. The average Bonchev–Trinajstić information content (AvgIpc) is 3.07. The zero-order valence-corrected chi connectivity index (χ0v) is 16.3. The van der Waals surface area contributed by atoms with Crippen molar-refractivity contribution in [2.45, 2.75) is 12.4 Å². The van der Waals surface area contributed by atoms with Crippen LogP contribution >= 0.6 is 15.9 Å². The molecule has 0 aliphatic heterocycles. The summed E-state index contributed by atoms with van der Waals surface area (Å²) < 4.78 is 78.3. The molecule has 0 unspecified atom stereocenters. The number of benzene rings is 2. The Morgan fingerprint density at radius 3 is 2.10 bits per heavy atom. The van der Waals surface area contributed by atoms with Gasteiger partial charge in [0.1, 0.15) is 0 Å². The molecule has 0 fully saturated rings. The summed E-state index contributed by atoms with van der Waals surface area (Å²) in [5.41, 5.74) is -3.78. The topological polar surface area (TPSA) is 105 Å². The van der Waals surface area contributed by atoms with E-state index in [1.807, 2.05) is 5.32 Å². The van der Waals surface area contributed by atoms with Crippen LogP contribution in [0.4, 0.5) is 42.5 Å². The van der Waals surface area contributed by atoms with Crippen molar-refractivity contribution < 1.29 is 36.3 Å². The highest BCUT2D eigenvalue weighted by molar-refractivity contribution is 9.10. The summed E-state index contributed by atoms with van der Waals surface area (Å²) in [7, 11) is 0. The Morgan fingerprint density at radius 2 is 1.58 bits per heavy atom. The average molecular weight is 511 g/mol. The van der Waals surface area contributed by atoms with Gasteiger partial charge in [-0.15, -0.1) is 5.10 Å². The van der Waals surface area contributed by atoms with Crippen LogP contribution in [-0.4, -0.2) is 31.6 Å². The van der Waals surface area contributed by atoms with Gasteiger partial charge in [0.15, 0.2) is 0 Å². The quantitative estimate of drug-likeness (QED) is 0.339. The van der Waals surface area contributed by atoms with E-state index in [9.17, 15) is 36.3 Å². The first-order chi connectivity index (χ1) is 14.3. The van der Waals surface area contributed by atoms with Gasteiger partial charge in [-0.3, -0.25) is 0 Å². The summed E-state index contributed by atoms with van der Waals surface area (Å²) >= 11 is 3.18. The van der Waals surface area contributed by atoms with Crippen LogP contribution in [0.5, 0.6) is 0 Å². The Bertz CT molecular complexity index is 1100. The SMILES string of the molecule is O=C(Nc1cc(C(F)(F)F)cc(C(F)(F)F)c1)Nc1ccc(Br)cc1-c1nnnn1O. The third-order valence-electron chi connectivity index (χ3n) is 3.77. The number of carbonyl (C=O) groups excluding carboxylic acids is 1. The van der Waals surface area contributed by atoms with Gasteiger partial charge >= 0.3 is 18.4 Å². The Hall–Kier alpha value is -3.36. The highest BCUT2D eigenvalue weighted by atomic mass is 79.9. The molecule has 2 aromatic carbocycles. The van der Waals surface area contributed by atoms with Crippen molar-refractivity contribution in [2.24, 2.45) is 0 Å². The van der Waals surface area contributed by atoms with Crippen molar-refractivity contribution in [2.75, 3.05) is 10.6 Å². The van der Waals surface area contributed by atoms with Crippen LogP contribution < -0.4 is 10.6 Å². The third-order valence-corrected chi connectivity index (χ3v) is 4.26. The molecule has 0 saturated heterocycles. The molecular formula is C16H9BrF6N6O2. The van der Waals surface area contributed by atoms with E-state index in [4.69, 9.17) is 0 Å². The van der Waals surface area contributed by atoms with Gasteiger partial charge in [0.05, 0.1) is 16.8 Å². The molecule has 0 radical (unpaired) electrons. The van der Waals surface area contributed by atoms with E-state index in [1.54, 1.807) is 0 Å². The second-order valence-electron chi connectivity index (χ2n) is 5.96. The summed E-state index contributed by atoms with van der Waals surface area (Å²) in [6, 6.07) is 3.78. The molecule has 2 amide bonds. The Labute approximate surface area is 176 Å². The second kappa shape index (κ2) is 8.05. The molecule has 0 saturated carbocycles. The van der Waals surface area contributed by atoms with E-state index >= 15 is 0 Å². The van der Waals surface area contributed by atoms with E-state index in [0.717, 1.165) is 0 Å². The van der Waals surface area contributed by atoms with Crippen molar-refractivity contribution in [1.82, 2.24) is 20.4 Å². The lowest BCUT2D eigenvalue weighted by Gasteiger charge is -2.15. The number of amides is 2. The van der Waals surface area contributed by atoms with Crippen molar-refractivity contribution in [3.8, 4) is 11.4 Å². The molecule has 0 bridgehead atoms. The molecule has 3 rings (SSSR count). The maximum absolute atomic E-state index is 13.0. The lowest BCUT2D eigenvalue weighted by Crippen LogP contribution is -2.21. The van der Waals surface area contributed by atoms with Gasteiger partial charge in [0.2, 0.25) is 5.82 Å². The highest BCUT2D eigenvalue weighted by Crippen LogP contribution is 2.37. The maximum atomic E-state index is 13.0. The molecule has 3 aromatic rings. The molecule has 3 N–H and O–H groups in total. The molecule has 8 nitrogen and oxygen atoms in total. The molecule has 31 heavy (non-hydrogen) atoms. The van der Waals surface area contributed by atoms with Crippen LogP contribution in [0.3, 0.4) is 0 Å². The van der Waals surface area contributed by atoms with Gasteiger partial charge in [-0.25, -0.2) is 4.79 Å². The summed E-state index contributed by atoms with van der Waals surface area (Å²) in [6.45, 7) is 0. The number of nitrogens with zero attached hydrogens (tertiary/aromatic N) is 4. The number of urea groups is 1. The van der Waals surface area contributed by atoms with Crippen molar-refractivity contribution in [3.63, 3.8) is 0 Å². The van der Waals surface area contributed by atoms with E-state index in [0.29, 0.717) is 21.5 Å². The van der Waals surface area contributed by atoms with Crippen LogP contribution in [0.2, 0.25) is 0 Å².